The van der Waals surface area contributed by atoms with Crippen molar-refractivity contribution in [1.82, 2.24) is 9.66 Å². The predicted octanol–water partition coefficient (Wildman–Crippen LogP) is 3.78. The summed E-state index contributed by atoms with van der Waals surface area (Å²) in [5.41, 5.74) is 0.860. The van der Waals surface area contributed by atoms with Gasteiger partial charge in [-0.3, -0.25) is 14.9 Å². The number of aromatic hydroxyl groups is 1. The van der Waals surface area contributed by atoms with Crippen molar-refractivity contribution in [3.05, 3.63) is 104 Å². The number of hydrogen-bond donors (Lipinski definition) is 1. The molecule has 9 nitrogen and oxygen atoms in total. The number of nitro groups is 1. The smallest absolute Gasteiger partial charge is 0.282 e. The minimum Gasteiger partial charge on any atom is -0.507 e. The molecule has 9 heteroatoms. The molecular formula is C23H18N4O5. The van der Waals surface area contributed by atoms with Gasteiger partial charge in [0, 0.05) is 17.7 Å². The van der Waals surface area contributed by atoms with E-state index >= 15 is 0 Å². The number of para-hydroxylation sites is 2. The Labute approximate surface area is 182 Å². The topological polar surface area (TPSA) is 120 Å². The maximum atomic E-state index is 13.1. The van der Waals surface area contributed by atoms with E-state index in [-0.39, 0.29) is 29.4 Å². The highest BCUT2D eigenvalue weighted by molar-refractivity contribution is 5.84. The molecule has 1 N–H and O–H groups in total. The molecule has 0 spiro atoms. The molecule has 32 heavy (non-hydrogen) atoms. The zero-order chi connectivity index (χ0) is 22.7. The Morgan fingerprint density at radius 2 is 1.91 bits per heavy atom. The normalized spacial score (nSPS) is 11.2. The van der Waals surface area contributed by atoms with Crippen LogP contribution in [0.2, 0.25) is 0 Å². The van der Waals surface area contributed by atoms with Crippen LogP contribution in [0.1, 0.15) is 17.0 Å². The van der Waals surface area contributed by atoms with E-state index in [1.807, 2.05) is 31.2 Å². The molecule has 4 rings (SSSR count). The van der Waals surface area contributed by atoms with Crippen LogP contribution < -0.4 is 10.3 Å². The van der Waals surface area contributed by atoms with E-state index < -0.39 is 10.5 Å². The first-order chi connectivity index (χ1) is 15.4. The molecule has 0 saturated carbocycles. The van der Waals surface area contributed by atoms with Gasteiger partial charge in [-0.2, -0.15) is 9.78 Å². The number of benzene rings is 3. The zero-order valence-corrected chi connectivity index (χ0v) is 17.0. The Morgan fingerprint density at radius 3 is 2.69 bits per heavy atom. The number of rotatable bonds is 6. The van der Waals surface area contributed by atoms with E-state index in [1.54, 1.807) is 24.3 Å². The second kappa shape index (κ2) is 8.68. The lowest BCUT2D eigenvalue weighted by molar-refractivity contribution is -0.384. The van der Waals surface area contributed by atoms with Crippen LogP contribution in [0, 0.1) is 17.0 Å². The highest BCUT2D eigenvalue weighted by atomic mass is 16.6. The molecular weight excluding hydrogens is 412 g/mol. The van der Waals surface area contributed by atoms with E-state index in [1.165, 1.54) is 24.4 Å². The van der Waals surface area contributed by atoms with Crippen LogP contribution >= 0.6 is 0 Å². The van der Waals surface area contributed by atoms with Gasteiger partial charge >= 0.3 is 0 Å². The summed E-state index contributed by atoms with van der Waals surface area (Å²) < 4.78 is 6.93. The molecule has 0 saturated heterocycles. The number of nitrogens with zero attached hydrogens (tertiary/aromatic N) is 4. The molecule has 0 amide bonds. The fourth-order valence-electron chi connectivity index (χ4n) is 3.12. The Hall–Kier alpha value is -4.53. The van der Waals surface area contributed by atoms with Gasteiger partial charge < -0.3 is 9.84 Å². The Bertz CT molecular complexity index is 1410. The second-order valence-corrected chi connectivity index (χ2v) is 6.96. The fourth-order valence-corrected chi connectivity index (χ4v) is 3.12. The quantitative estimate of drug-likeness (QED) is 0.282. The van der Waals surface area contributed by atoms with Crippen molar-refractivity contribution < 1.29 is 14.8 Å². The van der Waals surface area contributed by atoms with Gasteiger partial charge in [-0.25, -0.2) is 4.98 Å². The van der Waals surface area contributed by atoms with E-state index in [0.717, 1.165) is 10.2 Å². The van der Waals surface area contributed by atoms with Crippen molar-refractivity contribution in [2.75, 3.05) is 0 Å². The average molecular weight is 430 g/mol. The molecule has 1 heterocycles. The molecule has 0 aliphatic heterocycles. The summed E-state index contributed by atoms with van der Waals surface area (Å²) in [7, 11) is 0. The third-order valence-electron chi connectivity index (χ3n) is 4.81. The summed E-state index contributed by atoms with van der Waals surface area (Å²) in [4.78, 5) is 28.1. The van der Waals surface area contributed by atoms with Crippen LogP contribution in [-0.2, 0) is 6.61 Å². The van der Waals surface area contributed by atoms with Gasteiger partial charge in [-0.15, -0.1) is 0 Å². The summed E-state index contributed by atoms with van der Waals surface area (Å²) in [6, 6.07) is 17.8. The predicted molar refractivity (Wildman–Crippen MR) is 119 cm³/mol. The molecule has 0 radical (unpaired) electrons. The number of phenolic OH excluding ortho intramolecular Hbond substituents is 1. The van der Waals surface area contributed by atoms with Gasteiger partial charge in [-0.1, -0.05) is 30.3 Å². The minimum atomic E-state index is -0.581. The van der Waals surface area contributed by atoms with Gasteiger partial charge in [0.1, 0.15) is 18.1 Å². The Morgan fingerprint density at radius 1 is 1.16 bits per heavy atom. The van der Waals surface area contributed by atoms with Gasteiger partial charge in [0.05, 0.1) is 22.0 Å². The number of phenols is 1. The van der Waals surface area contributed by atoms with E-state index in [9.17, 15) is 20.0 Å². The number of aromatic nitrogens is 2. The SMILES string of the molecule is Cc1ccccc1OCc1nc2ccccc2c(=O)n1/N=C/c1cc([N+](=O)[O-])ccc1O. The standard InChI is InChI=1S/C23H18N4O5/c1-15-6-2-5-9-21(15)32-14-22-25-19-8-4-3-7-18(19)23(29)26(22)24-13-16-12-17(27(30)31)10-11-20(16)28/h2-13,28H,14H2,1H3/b24-13+. The van der Waals surface area contributed by atoms with Gasteiger partial charge in [-0.05, 0) is 36.8 Å². The molecule has 0 aliphatic carbocycles. The number of ether oxygens (including phenoxy) is 1. The molecule has 1 aromatic heterocycles. The van der Waals surface area contributed by atoms with Gasteiger partial charge in [0.2, 0.25) is 0 Å². The summed E-state index contributed by atoms with van der Waals surface area (Å²) in [5, 5.41) is 25.6. The van der Waals surface area contributed by atoms with Crippen molar-refractivity contribution in [3.8, 4) is 11.5 Å². The number of fused-ring (bicyclic) bond motifs is 1. The summed E-state index contributed by atoms with van der Waals surface area (Å²) in [6.07, 6.45) is 1.18. The molecule has 0 aliphatic rings. The third kappa shape index (κ3) is 4.17. The fraction of sp³-hybridized carbons (Fsp3) is 0.0870. The number of nitro benzene ring substituents is 1. The number of aryl methyl sites for hydroxylation is 1. The van der Waals surface area contributed by atoms with Crippen LogP contribution in [0.3, 0.4) is 0 Å². The summed E-state index contributed by atoms with van der Waals surface area (Å²) >= 11 is 0. The molecule has 4 aromatic rings. The number of non-ortho nitro benzene ring substituents is 1. The highest BCUT2D eigenvalue weighted by Gasteiger charge is 2.13. The van der Waals surface area contributed by atoms with Crippen LogP contribution in [0.4, 0.5) is 5.69 Å². The molecule has 0 bridgehead atoms. The van der Waals surface area contributed by atoms with Gasteiger partial charge in [0.25, 0.3) is 11.2 Å². The van der Waals surface area contributed by atoms with Crippen LogP contribution in [-0.4, -0.2) is 25.9 Å². The van der Waals surface area contributed by atoms with E-state index in [0.29, 0.717) is 16.7 Å². The minimum absolute atomic E-state index is 0.0385. The largest absolute Gasteiger partial charge is 0.507 e. The summed E-state index contributed by atoms with van der Waals surface area (Å²) in [5.74, 6) is 0.666. The number of hydrogen-bond acceptors (Lipinski definition) is 7. The van der Waals surface area contributed by atoms with Crippen molar-refractivity contribution in [3.63, 3.8) is 0 Å². The first-order valence-corrected chi connectivity index (χ1v) is 9.65. The van der Waals surface area contributed by atoms with E-state index in [4.69, 9.17) is 4.74 Å². The Kier molecular flexibility index (Phi) is 5.63. The molecule has 0 atom stereocenters. The molecule has 0 unspecified atom stereocenters. The molecule has 0 fully saturated rings. The maximum Gasteiger partial charge on any atom is 0.282 e. The first-order valence-electron chi connectivity index (χ1n) is 9.65. The van der Waals surface area contributed by atoms with Gasteiger partial charge in [0.15, 0.2) is 5.82 Å². The van der Waals surface area contributed by atoms with Crippen molar-refractivity contribution >= 4 is 22.8 Å². The Balaban J connectivity index is 1.78. The first kappa shape index (κ1) is 20.7. The third-order valence-corrected chi connectivity index (χ3v) is 4.81. The maximum absolute atomic E-state index is 13.1. The lowest BCUT2D eigenvalue weighted by Gasteiger charge is -2.12. The van der Waals surface area contributed by atoms with E-state index in [2.05, 4.69) is 10.1 Å². The van der Waals surface area contributed by atoms with Crippen LogP contribution in [0.5, 0.6) is 11.5 Å². The lowest BCUT2D eigenvalue weighted by Crippen LogP contribution is -2.23. The van der Waals surface area contributed by atoms with Crippen molar-refractivity contribution in [2.45, 2.75) is 13.5 Å². The monoisotopic (exact) mass is 430 g/mol. The average Bonchev–Trinajstić information content (AvgIpc) is 2.79. The highest BCUT2D eigenvalue weighted by Crippen LogP contribution is 2.22. The second-order valence-electron chi connectivity index (χ2n) is 6.96. The van der Waals surface area contributed by atoms with Crippen molar-refractivity contribution in [2.24, 2.45) is 5.10 Å². The molecule has 3 aromatic carbocycles. The lowest BCUT2D eigenvalue weighted by atomic mass is 10.2. The van der Waals surface area contributed by atoms with Crippen LogP contribution in [0.15, 0.2) is 76.6 Å². The zero-order valence-electron chi connectivity index (χ0n) is 17.0. The summed E-state index contributed by atoms with van der Waals surface area (Å²) in [6.45, 7) is 1.86. The van der Waals surface area contributed by atoms with Crippen molar-refractivity contribution in [1.29, 1.82) is 0 Å². The molecule has 160 valence electrons. The van der Waals surface area contributed by atoms with Crippen LogP contribution in [0.25, 0.3) is 10.9 Å².